The van der Waals surface area contributed by atoms with E-state index in [0.717, 1.165) is 40.1 Å². The number of fused-ring (bicyclic) bond motifs is 1. The van der Waals surface area contributed by atoms with Gasteiger partial charge in [-0.3, -0.25) is 4.99 Å². The zero-order valence-electron chi connectivity index (χ0n) is 11.8. The van der Waals surface area contributed by atoms with E-state index in [-0.39, 0.29) is 6.04 Å². The van der Waals surface area contributed by atoms with E-state index in [2.05, 4.69) is 51.0 Å². The third-order valence-corrected chi connectivity index (χ3v) is 4.93. The molecule has 0 aliphatic carbocycles. The van der Waals surface area contributed by atoms with Crippen molar-refractivity contribution in [3.8, 4) is 0 Å². The lowest BCUT2D eigenvalue weighted by molar-refractivity contribution is 0.374. The van der Waals surface area contributed by atoms with Crippen LogP contribution in [0.5, 0.6) is 0 Å². The van der Waals surface area contributed by atoms with Gasteiger partial charge in [0.05, 0.1) is 18.3 Å². The van der Waals surface area contributed by atoms with E-state index in [1.165, 1.54) is 11.5 Å². The molecule has 7 nitrogen and oxygen atoms in total. The number of amidine groups is 2. The van der Waals surface area contributed by atoms with Crippen LogP contribution >= 0.6 is 27.5 Å². The van der Waals surface area contributed by atoms with E-state index in [0.29, 0.717) is 5.92 Å². The summed E-state index contributed by atoms with van der Waals surface area (Å²) in [6, 6.07) is 2.28. The first kappa shape index (κ1) is 13.9. The summed E-state index contributed by atoms with van der Waals surface area (Å²) in [5, 5.41) is 8.41. The smallest absolute Gasteiger partial charge is 0.175 e. The molecule has 0 saturated heterocycles. The van der Waals surface area contributed by atoms with Gasteiger partial charge in [-0.15, -0.1) is 0 Å². The van der Waals surface area contributed by atoms with Crippen molar-refractivity contribution < 1.29 is 0 Å². The zero-order valence-corrected chi connectivity index (χ0v) is 14.2. The van der Waals surface area contributed by atoms with Gasteiger partial charge in [0.1, 0.15) is 9.61 Å². The molecule has 22 heavy (non-hydrogen) atoms. The third kappa shape index (κ3) is 2.44. The first-order valence-electron chi connectivity index (χ1n) is 6.96. The van der Waals surface area contributed by atoms with Crippen molar-refractivity contribution >= 4 is 50.3 Å². The highest BCUT2D eigenvalue weighted by Gasteiger charge is 2.37. The Hall–Kier alpha value is -1.74. The number of aryl methyl sites for hydroxylation is 1. The highest BCUT2D eigenvalue weighted by Crippen LogP contribution is 2.27. The van der Waals surface area contributed by atoms with Crippen LogP contribution in [0.3, 0.4) is 0 Å². The molecule has 9 heteroatoms. The lowest BCUT2D eigenvalue weighted by Gasteiger charge is -2.29. The fourth-order valence-electron chi connectivity index (χ4n) is 2.72. The van der Waals surface area contributed by atoms with Gasteiger partial charge in [-0.1, -0.05) is 0 Å². The molecule has 114 valence electrons. The van der Waals surface area contributed by atoms with Crippen molar-refractivity contribution in [1.29, 1.82) is 0 Å². The normalized spacial score (nSPS) is 26.3. The van der Waals surface area contributed by atoms with Crippen LogP contribution in [-0.4, -0.2) is 46.3 Å². The van der Waals surface area contributed by atoms with Gasteiger partial charge in [-0.25, -0.2) is 4.99 Å². The van der Waals surface area contributed by atoms with Crippen LogP contribution in [0, 0.1) is 12.8 Å². The fraction of sp³-hybridized carbons (Fsp3) is 0.385. The number of nitrogens with one attached hydrogen (secondary N) is 2. The first-order valence-corrected chi connectivity index (χ1v) is 8.53. The van der Waals surface area contributed by atoms with Crippen molar-refractivity contribution in [2.24, 2.45) is 21.0 Å². The van der Waals surface area contributed by atoms with Crippen molar-refractivity contribution in [2.75, 3.05) is 18.4 Å². The van der Waals surface area contributed by atoms with E-state index in [1.54, 1.807) is 0 Å². The van der Waals surface area contributed by atoms with Crippen molar-refractivity contribution in [3.63, 3.8) is 0 Å². The summed E-state index contributed by atoms with van der Waals surface area (Å²) in [7, 11) is 0. The molecule has 0 bridgehead atoms. The van der Waals surface area contributed by atoms with Gasteiger partial charge in [0.2, 0.25) is 0 Å². The van der Waals surface area contributed by atoms with Gasteiger partial charge in [-0.2, -0.15) is 9.47 Å². The molecule has 0 spiro atoms. The molecular weight excluding hydrogens is 366 g/mol. The molecule has 2 atom stereocenters. The number of halogens is 1. The van der Waals surface area contributed by atoms with Gasteiger partial charge in [-0.05, 0) is 40.5 Å². The zero-order chi connectivity index (χ0) is 15.1. The number of rotatable bonds is 2. The highest BCUT2D eigenvalue weighted by atomic mass is 79.9. The Kier molecular flexibility index (Phi) is 3.45. The molecule has 0 radical (unpaired) electrons. The Labute approximate surface area is 140 Å². The lowest BCUT2D eigenvalue weighted by atomic mass is 10.0. The molecule has 3 aliphatic heterocycles. The number of anilines is 1. The van der Waals surface area contributed by atoms with E-state index >= 15 is 0 Å². The molecule has 0 aromatic carbocycles. The summed E-state index contributed by atoms with van der Waals surface area (Å²) in [5.74, 6) is 1.98. The molecule has 0 amide bonds. The molecule has 2 unspecified atom stereocenters. The predicted molar refractivity (Wildman–Crippen MR) is 92.8 cm³/mol. The Bertz CT molecular complexity index is 720. The van der Waals surface area contributed by atoms with Gasteiger partial charge in [0.25, 0.3) is 0 Å². The summed E-state index contributed by atoms with van der Waals surface area (Å²) in [4.78, 5) is 11.4. The van der Waals surface area contributed by atoms with E-state index in [4.69, 9.17) is 0 Å². The maximum Gasteiger partial charge on any atom is 0.175 e. The maximum absolute atomic E-state index is 4.68. The quantitative estimate of drug-likeness (QED) is 0.767. The minimum atomic E-state index is 0.275. The van der Waals surface area contributed by atoms with Crippen LogP contribution in [0.15, 0.2) is 32.0 Å². The van der Waals surface area contributed by atoms with Crippen molar-refractivity contribution in [3.05, 3.63) is 22.6 Å². The first-order chi connectivity index (χ1) is 10.7. The Morgan fingerprint density at radius 3 is 3.14 bits per heavy atom. The molecule has 2 N–H and O–H groups in total. The Morgan fingerprint density at radius 1 is 1.50 bits per heavy atom. The fourth-order valence-corrected chi connectivity index (χ4v) is 3.78. The summed E-state index contributed by atoms with van der Waals surface area (Å²) in [6.07, 6.45) is 3.96. The number of hydrogen-bond acceptors (Lipinski definition) is 8. The average molecular weight is 380 g/mol. The average Bonchev–Trinajstić information content (AvgIpc) is 3.18. The van der Waals surface area contributed by atoms with E-state index < -0.39 is 0 Å². The second-order valence-corrected chi connectivity index (χ2v) is 6.93. The topological polar surface area (TPSA) is 77.3 Å². The highest BCUT2D eigenvalue weighted by molar-refractivity contribution is 9.11. The Morgan fingerprint density at radius 2 is 2.41 bits per heavy atom. The van der Waals surface area contributed by atoms with E-state index in [9.17, 15) is 0 Å². The summed E-state index contributed by atoms with van der Waals surface area (Å²) < 4.78 is 5.07. The summed E-state index contributed by atoms with van der Waals surface area (Å²) in [6.45, 7) is 3.57. The lowest BCUT2D eigenvalue weighted by Crippen LogP contribution is -2.45. The molecule has 1 aromatic heterocycles. The molecule has 4 heterocycles. The molecular formula is C13H14BrN7S. The molecule has 3 aliphatic rings. The minimum Gasteiger partial charge on any atom is -0.328 e. The monoisotopic (exact) mass is 379 g/mol. The van der Waals surface area contributed by atoms with Gasteiger partial charge in [0.15, 0.2) is 11.7 Å². The number of aromatic nitrogens is 1. The standard InChI is InChI=1S/C13H14BrN7S/c1-7-2-11(22-20-7)19-12-13-15-5-9(8-3-16-17-4-8)21(13)6-10(14)18-12/h2-3,6,8-9,17H,4-5H2,1H3,(H,18,19). The number of hydrogen-bond donors (Lipinski definition) is 2. The largest absolute Gasteiger partial charge is 0.328 e. The van der Waals surface area contributed by atoms with Crippen LogP contribution in [-0.2, 0) is 0 Å². The van der Waals surface area contributed by atoms with Crippen LogP contribution in [0.25, 0.3) is 0 Å². The predicted octanol–water partition coefficient (Wildman–Crippen LogP) is 1.76. The van der Waals surface area contributed by atoms with Gasteiger partial charge < -0.3 is 15.6 Å². The summed E-state index contributed by atoms with van der Waals surface area (Å²) >= 11 is 4.92. The third-order valence-electron chi connectivity index (χ3n) is 3.75. The number of hydrazone groups is 1. The van der Waals surface area contributed by atoms with Crippen LogP contribution < -0.4 is 10.7 Å². The SMILES string of the molecule is Cc1cc(NC2=NC(Br)=CN3C2=NCC3C2C=NNC2)sn1. The minimum absolute atomic E-state index is 0.275. The van der Waals surface area contributed by atoms with Crippen LogP contribution in [0.1, 0.15) is 5.69 Å². The van der Waals surface area contributed by atoms with Crippen LogP contribution in [0.2, 0.25) is 0 Å². The molecule has 0 fully saturated rings. The number of nitrogens with zero attached hydrogens (tertiary/aromatic N) is 5. The molecule has 1 aromatic rings. The van der Waals surface area contributed by atoms with E-state index in [1.807, 2.05) is 25.4 Å². The van der Waals surface area contributed by atoms with Crippen molar-refractivity contribution in [1.82, 2.24) is 14.7 Å². The Balaban J connectivity index is 1.59. The second-order valence-electron chi connectivity index (χ2n) is 5.31. The van der Waals surface area contributed by atoms with Gasteiger partial charge >= 0.3 is 0 Å². The van der Waals surface area contributed by atoms with Gasteiger partial charge in [0, 0.05) is 24.9 Å². The van der Waals surface area contributed by atoms with Crippen LogP contribution in [0.4, 0.5) is 5.00 Å². The molecule has 0 saturated carbocycles. The maximum atomic E-state index is 4.68. The summed E-state index contributed by atoms with van der Waals surface area (Å²) in [5.41, 5.74) is 4.01. The molecule has 4 rings (SSSR count). The number of aliphatic imine (C=N–C) groups is 2. The van der Waals surface area contributed by atoms with Crippen molar-refractivity contribution in [2.45, 2.75) is 13.0 Å². The second kappa shape index (κ2) is 5.47.